The summed E-state index contributed by atoms with van der Waals surface area (Å²) in [5.74, 6) is 0.774. The molecule has 166 valence electrons. The van der Waals surface area contributed by atoms with Gasteiger partial charge in [0.25, 0.3) is 11.8 Å². The van der Waals surface area contributed by atoms with Crippen molar-refractivity contribution in [3.63, 3.8) is 0 Å². The Hall–Kier alpha value is -3.87. The molecular weight excluding hydrogens is 406 g/mol. The molecule has 2 aromatic carbocycles. The highest BCUT2D eigenvalue weighted by Gasteiger charge is 2.17. The van der Waals surface area contributed by atoms with Crippen LogP contribution in [-0.2, 0) is 0 Å². The molecule has 1 heterocycles. The number of ether oxygens (including phenoxy) is 2. The number of nitrogens with one attached hydrogen (secondary N) is 2. The zero-order chi connectivity index (χ0) is 23.1. The van der Waals surface area contributed by atoms with E-state index in [1.54, 1.807) is 20.3 Å². The van der Waals surface area contributed by atoms with Crippen LogP contribution in [0.3, 0.4) is 0 Å². The van der Waals surface area contributed by atoms with Gasteiger partial charge >= 0.3 is 0 Å². The average molecular weight is 434 g/mol. The number of rotatable bonds is 8. The number of hydrogen-bond acceptors (Lipinski definition) is 5. The van der Waals surface area contributed by atoms with Gasteiger partial charge in [-0.2, -0.15) is 0 Å². The zero-order valence-corrected chi connectivity index (χ0v) is 18.6. The van der Waals surface area contributed by atoms with E-state index in [0.29, 0.717) is 11.3 Å². The Bertz CT molecular complexity index is 1020. The minimum atomic E-state index is -0.365. The fraction of sp³-hybridized carbons (Fsp3) is 0.240. The quantitative estimate of drug-likeness (QED) is 0.559. The van der Waals surface area contributed by atoms with Gasteiger partial charge in [-0.05, 0) is 61.4 Å². The number of amides is 2. The molecule has 7 heteroatoms. The molecule has 2 N–H and O–H groups in total. The van der Waals surface area contributed by atoms with Crippen molar-refractivity contribution in [2.75, 3.05) is 14.2 Å². The van der Waals surface area contributed by atoms with E-state index in [1.165, 1.54) is 12.3 Å². The number of aromatic nitrogens is 1. The summed E-state index contributed by atoms with van der Waals surface area (Å²) in [4.78, 5) is 29.6. The Morgan fingerprint density at radius 1 is 0.781 bits per heavy atom. The maximum absolute atomic E-state index is 12.8. The lowest BCUT2D eigenvalue weighted by molar-refractivity contribution is 0.0934. The number of nitrogens with zero attached hydrogens (tertiary/aromatic N) is 1. The number of benzene rings is 2. The summed E-state index contributed by atoms with van der Waals surface area (Å²) in [6.45, 7) is 3.76. The maximum atomic E-state index is 12.8. The van der Waals surface area contributed by atoms with Crippen molar-refractivity contribution < 1.29 is 19.1 Å². The molecule has 3 rings (SSSR count). The fourth-order valence-corrected chi connectivity index (χ4v) is 3.23. The Kier molecular flexibility index (Phi) is 7.44. The lowest BCUT2D eigenvalue weighted by atomic mass is 10.1. The fourth-order valence-electron chi connectivity index (χ4n) is 3.23. The molecule has 0 radical (unpaired) electrons. The number of pyridine rings is 1. The minimum Gasteiger partial charge on any atom is -0.497 e. The predicted octanol–water partition coefficient (Wildman–Crippen LogP) is 4.08. The summed E-state index contributed by atoms with van der Waals surface area (Å²) in [6, 6.07) is 17.5. The minimum absolute atomic E-state index is 0.168. The normalized spacial score (nSPS) is 12.4. The molecule has 2 unspecified atom stereocenters. The van der Waals surface area contributed by atoms with E-state index in [-0.39, 0.29) is 29.6 Å². The molecule has 2 amide bonds. The summed E-state index contributed by atoms with van der Waals surface area (Å²) in [6.07, 6.45) is 1.45. The third-order valence-electron chi connectivity index (χ3n) is 5.14. The van der Waals surface area contributed by atoms with Gasteiger partial charge in [0.1, 0.15) is 17.2 Å². The van der Waals surface area contributed by atoms with Crippen LogP contribution in [0, 0.1) is 0 Å². The molecule has 0 aliphatic rings. The van der Waals surface area contributed by atoms with Gasteiger partial charge in [-0.15, -0.1) is 0 Å². The first-order valence-electron chi connectivity index (χ1n) is 10.3. The van der Waals surface area contributed by atoms with Crippen LogP contribution in [0.1, 0.15) is 57.9 Å². The first kappa shape index (κ1) is 22.8. The van der Waals surface area contributed by atoms with E-state index in [4.69, 9.17) is 9.47 Å². The van der Waals surface area contributed by atoms with Gasteiger partial charge < -0.3 is 20.1 Å². The van der Waals surface area contributed by atoms with E-state index < -0.39 is 0 Å². The number of methoxy groups -OCH3 is 2. The molecule has 32 heavy (non-hydrogen) atoms. The molecule has 3 aromatic rings. The predicted molar refractivity (Wildman–Crippen MR) is 122 cm³/mol. The lowest BCUT2D eigenvalue weighted by Crippen LogP contribution is -2.29. The van der Waals surface area contributed by atoms with E-state index in [0.717, 1.165) is 16.9 Å². The van der Waals surface area contributed by atoms with Gasteiger partial charge in [-0.25, -0.2) is 0 Å². The maximum Gasteiger partial charge on any atom is 0.270 e. The molecule has 0 fully saturated rings. The van der Waals surface area contributed by atoms with Crippen molar-refractivity contribution in [1.29, 1.82) is 0 Å². The van der Waals surface area contributed by atoms with Crippen LogP contribution < -0.4 is 20.1 Å². The molecule has 0 bridgehead atoms. The van der Waals surface area contributed by atoms with Crippen LogP contribution in [0.15, 0.2) is 66.9 Å². The Morgan fingerprint density at radius 3 is 1.84 bits per heavy atom. The molecule has 0 spiro atoms. The van der Waals surface area contributed by atoms with Crippen LogP contribution in [0.25, 0.3) is 0 Å². The first-order valence-corrected chi connectivity index (χ1v) is 10.3. The average Bonchev–Trinajstić information content (AvgIpc) is 2.84. The zero-order valence-electron chi connectivity index (χ0n) is 18.6. The second-order valence-electron chi connectivity index (χ2n) is 7.37. The highest BCUT2D eigenvalue weighted by atomic mass is 16.5. The largest absolute Gasteiger partial charge is 0.497 e. The summed E-state index contributed by atoms with van der Waals surface area (Å²) >= 11 is 0. The summed E-state index contributed by atoms with van der Waals surface area (Å²) in [7, 11) is 3.19. The molecular formula is C25H27N3O4. The van der Waals surface area contributed by atoms with E-state index in [2.05, 4.69) is 15.6 Å². The van der Waals surface area contributed by atoms with E-state index in [1.807, 2.05) is 62.4 Å². The van der Waals surface area contributed by atoms with Crippen LogP contribution in [-0.4, -0.2) is 31.0 Å². The third kappa shape index (κ3) is 5.63. The lowest BCUT2D eigenvalue weighted by Gasteiger charge is -2.16. The van der Waals surface area contributed by atoms with Gasteiger partial charge in [0, 0.05) is 11.8 Å². The van der Waals surface area contributed by atoms with Gasteiger partial charge in [0.2, 0.25) is 0 Å². The van der Waals surface area contributed by atoms with Crippen molar-refractivity contribution in [2.45, 2.75) is 25.9 Å². The second kappa shape index (κ2) is 10.4. The van der Waals surface area contributed by atoms with Crippen LogP contribution in [0.5, 0.6) is 11.5 Å². The smallest absolute Gasteiger partial charge is 0.270 e. The Balaban J connectivity index is 1.68. The van der Waals surface area contributed by atoms with Crippen LogP contribution in [0.2, 0.25) is 0 Å². The molecule has 0 saturated heterocycles. The van der Waals surface area contributed by atoms with Crippen molar-refractivity contribution >= 4 is 11.8 Å². The summed E-state index contributed by atoms with van der Waals surface area (Å²) < 4.78 is 10.5. The Morgan fingerprint density at radius 2 is 1.31 bits per heavy atom. The highest BCUT2D eigenvalue weighted by Crippen LogP contribution is 2.20. The first-order chi connectivity index (χ1) is 15.4. The van der Waals surface area contributed by atoms with Gasteiger partial charge in [0.15, 0.2) is 0 Å². The molecule has 2 atom stereocenters. The Labute approximate surface area is 187 Å². The number of carbonyl (C=O) groups excluding carboxylic acids is 2. The number of hydrogen-bond donors (Lipinski definition) is 2. The van der Waals surface area contributed by atoms with Crippen LogP contribution >= 0.6 is 0 Å². The molecule has 0 aliphatic carbocycles. The topological polar surface area (TPSA) is 89.5 Å². The van der Waals surface area contributed by atoms with Crippen molar-refractivity contribution in [3.05, 3.63) is 89.2 Å². The molecule has 0 saturated carbocycles. The van der Waals surface area contributed by atoms with E-state index in [9.17, 15) is 9.59 Å². The SMILES string of the molecule is COc1cccc(C(C)NC(=O)c2ccnc(C(=O)NC(C)c3cccc(OC)c3)c2)c1. The van der Waals surface area contributed by atoms with Crippen molar-refractivity contribution in [3.8, 4) is 11.5 Å². The second-order valence-corrected chi connectivity index (χ2v) is 7.37. The van der Waals surface area contributed by atoms with Crippen molar-refractivity contribution in [2.24, 2.45) is 0 Å². The van der Waals surface area contributed by atoms with Gasteiger partial charge in [-0.3, -0.25) is 14.6 Å². The van der Waals surface area contributed by atoms with Crippen molar-refractivity contribution in [1.82, 2.24) is 15.6 Å². The standard InChI is InChI=1S/C25H27N3O4/c1-16(18-7-5-9-21(13-18)31-3)27-24(29)20-11-12-26-23(15-20)25(30)28-17(2)19-8-6-10-22(14-19)32-4/h5-17H,1-4H3,(H,27,29)(H,28,30). The molecule has 7 nitrogen and oxygen atoms in total. The summed E-state index contributed by atoms with van der Waals surface area (Å²) in [5, 5.41) is 5.85. The molecule has 1 aromatic heterocycles. The van der Waals surface area contributed by atoms with Gasteiger partial charge in [0.05, 0.1) is 26.3 Å². The highest BCUT2D eigenvalue weighted by molar-refractivity contribution is 5.98. The van der Waals surface area contributed by atoms with Crippen LogP contribution in [0.4, 0.5) is 0 Å². The third-order valence-corrected chi connectivity index (χ3v) is 5.14. The summed E-state index contributed by atoms with van der Waals surface area (Å²) in [5.41, 5.74) is 2.34. The van der Waals surface area contributed by atoms with Gasteiger partial charge in [-0.1, -0.05) is 24.3 Å². The monoisotopic (exact) mass is 433 g/mol. The number of carbonyl (C=O) groups is 2. The molecule has 0 aliphatic heterocycles. The van der Waals surface area contributed by atoms with E-state index >= 15 is 0 Å².